The predicted molar refractivity (Wildman–Crippen MR) is 44.1 cm³/mol. The van der Waals surface area contributed by atoms with Crippen LogP contribution in [0.3, 0.4) is 0 Å². The molecule has 1 aliphatic rings. The summed E-state index contributed by atoms with van der Waals surface area (Å²) in [6.45, 7) is 1.39. The van der Waals surface area contributed by atoms with Gasteiger partial charge in [-0.2, -0.15) is 8.42 Å². The minimum atomic E-state index is -3.85. The summed E-state index contributed by atoms with van der Waals surface area (Å²) < 4.78 is 26.8. The molecule has 4 N–H and O–H groups in total. The van der Waals surface area contributed by atoms with E-state index in [-0.39, 0.29) is 63.3 Å². The summed E-state index contributed by atoms with van der Waals surface area (Å²) >= 11 is 0. The summed E-state index contributed by atoms with van der Waals surface area (Å²) in [4.78, 5) is 10.4. The van der Waals surface area contributed by atoms with Gasteiger partial charge in [0.1, 0.15) is 5.76 Å². The molecule has 0 atom stereocenters. The van der Waals surface area contributed by atoms with Crippen LogP contribution in [-0.4, -0.2) is 65.7 Å². The second-order valence-electron chi connectivity index (χ2n) is 1.76. The number of nitrogens with one attached hydrogen (secondary N) is 1. The van der Waals surface area contributed by atoms with Gasteiger partial charge in [-0.25, -0.2) is 4.72 Å². The Morgan fingerprint density at radius 1 is 1.50 bits per heavy atom. The van der Waals surface area contributed by atoms with Crippen LogP contribution in [-0.2, 0) is 19.3 Å². The zero-order valence-electron chi connectivity index (χ0n) is 5.83. The first-order valence-corrected chi connectivity index (χ1v) is 3.85. The molecular formula is C4H9KN2O4S. The molecule has 66 valence electrons. The zero-order valence-corrected chi connectivity index (χ0v) is 6.64. The molecule has 6 nitrogen and oxygen atoms in total. The summed E-state index contributed by atoms with van der Waals surface area (Å²) in [5.74, 6) is -0.604. The van der Waals surface area contributed by atoms with Gasteiger partial charge in [0.2, 0.25) is 0 Å². The standard InChI is InChI=1S/C4H5NO4S.K.H3N.H/c1-3-2-4(6)5-10(7,8)9-3;;;/h2H,1H3,(H,5,6);;1H3;. The van der Waals surface area contributed by atoms with Crippen LogP contribution < -0.4 is 10.9 Å². The first kappa shape index (κ1) is 15.0. The number of carbonyl (C=O) groups is 1. The van der Waals surface area contributed by atoms with E-state index in [0.717, 1.165) is 6.08 Å². The van der Waals surface area contributed by atoms with Crippen molar-refractivity contribution in [2.75, 3.05) is 0 Å². The molecule has 0 bridgehead atoms. The van der Waals surface area contributed by atoms with Gasteiger partial charge in [-0.05, 0) is 6.92 Å². The molecule has 0 radical (unpaired) electrons. The van der Waals surface area contributed by atoms with Crippen LogP contribution in [0.1, 0.15) is 6.92 Å². The fourth-order valence-corrected chi connectivity index (χ4v) is 1.30. The number of rotatable bonds is 0. The molecule has 0 aromatic carbocycles. The van der Waals surface area contributed by atoms with Crippen molar-refractivity contribution < 1.29 is 17.4 Å². The summed E-state index contributed by atoms with van der Waals surface area (Å²) in [6.07, 6.45) is 1.06. The summed E-state index contributed by atoms with van der Waals surface area (Å²) in [7, 11) is -3.85. The van der Waals surface area contributed by atoms with E-state index >= 15 is 0 Å². The SMILES string of the molecule is CC1=CC(=O)NS(=O)(=O)O1.N.[KH]. The number of hydrogen-bond donors (Lipinski definition) is 2. The molecule has 0 fully saturated rings. The molecule has 0 aliphatic carbocycles. The topological polar surface area (TPSA) is 107 Å². The van der Waals surface area contributed by atoms with Crippen LogP contribution in [0.15, 0.2) is 11.8 Å². The average Bonchev–Trinajstić information content (AvgIpc) is 1.54. The number of amides is 1. The molecule has 1 heterocycles. The Bertz CT molecular complexity index is 296. The van der Waals surface area contributed by atoms with Crippen molar-refractivity contribution in [2.24, 2.45) is 0 Å². The average molecular weight is 220 g/mol. The Morgan fingerprint density at radius 3 is 2.33 bits per heavy atom. The van der Waals surface area contributed by atoms with Gasteiger partial charge in [0.25, 0.3) is 5.91 Å². The molecule has 1 amide bonds. The summed E-state index contributed by atoms with van der Waals surface area (Å²) in [6, 6.07) is 0. The van der Waals surface area contributed by atoms with Gasteiger partial charge >= 0.3 is 61.7 Å². The minimum absolute atomic E-state index is 0. The van der Waals surface area contributed by atoms with Crippen LogP contribution in [0.5, 0.6) is 0 Å². The summed E-state index contributed by atoms with van der Waals surface area (Å²) in [5, 5.41) is 0. The van der Waals surface area contributed by atoms with Gasteiger partial charge in [0.15, 0.2) is 0 Å². The summed E-state index contributed by atoms with van der Waals surface area (Å²) in [5.41, 5.74) is 0. The Labute approximate surface area is 113 Å². The van der Waals surface area contributed by atoms with Crippen molar-refractivity contribution >= 4 is 67.6 Å². The third kappa shape index (κ3) is 4.55. The van der Waals surface area contributed by atoms with Gasteiger partial charge in [-0.1, -0.05) is 0 Å². The Morgan fingerprint density at radius 2 is 2.00 bits per heavy atom. The second kappa shape index (κ2) is 5.32. The molecule has 0 spiro atoms. The Kier molecular flexibility index (Phi) is 6.67. The van der Waals surface area contributed by atoms with Gasteiger partial charge < -0.3 is 10.3 Å². The maximum atomic E-state index is 10.5. The maximum absolute atomic E-state index is 10.5. The quantitative estimate of drug-likeness (QED) is 0.498. The molecule has 0 saturated heterocycles. The monoisotopic (exact) mass is 220 g/mol. The number of hydrogen-bond acceptors (Lipinski definition) is 5. The van der Waals surface area contributed by atoms with E-state index in [9.17, 15) is 13.2 Å². The fraction of sp³-hybridized carbons (Fsp3) is 0.250. The molecule has 12 heavy (non-hydrogen) atoms. The van der Waals surface area contributed by atoms with Gasteiger partial charge in [-0.3, -0.25) is 4.79 Å². The van der Waals surface area contributed by atoms with E-state index < -0.39 is 16.2 Å². The van der Waals surface area contributed by atoms with E-state index in [1.54, 1.807) is 4.72 Å². The molecule has 0 saturated carbocycles. The second-order valence-corrected chi connectivity index (χ2v) is 3.04. The van der Waals surface area contributed by atoms with Crippen LogP contribution in [0, 0.1) is 0 Å². The van der Waals surface area contributed by atoms with Crippen LogP contribution in [0.4, 0.5) is 0 Å². The first-order chi connectivity index (χ1) is 4.49. The van der Waals surface area contributed by atoms with Crippen LogP contribution in [0.2, 0.25) is 0 Å². The van der Waals surface area contributed by atoms with Crippen molar-refractivity contribution in [2.45, 2.75) is 6.92 Å². The molecule has 0 unspecified atom stereocenters. The van der Waals surface area contributed by atoms with E-state index in [1.165, 1.54) is 6.92 Å². The Hall–Kier alpha value is 0.556. The third-order valence-corrected chi connectivity index (χ3v) is 1.73. The third-order valence-electron chi connectivity index (χ3n) is 0.801. The van der Waals surface area contributed by atoms with E-state index in [0.29, 0.717) is 0 Å². The van der Waals surface area contributed by atoms with Crippen molar-refractivity contribution in [3.63, 3.8) is 0 Å². The number of carbonyl (C=O) groups excluding carboxylic acids is 1. The van der Waals surface area contributed by atoms with Crippen molar-refractivity contribution in [3.8, 4) is 0 Å². The molecule has 0 aromatic rings. The van der Waals surface area contributed by atoms with Crippen molar-refractivity contribution in [1.29, 1.82) is 0 Å². The molecule has 1 rings (SSSR count). The Balaban J connectivity index is 0. The molecule has 0 aromatic heterocycles. The van der Waals surface area contributed by atoms with Crippen LogP contribution in [0.25, 0.3) is 0 Å². The molecule has 8 heteroatoms. The van der Waals surface area contributed by atoms with Crippen molar-refractivity contribution in [3.05, 3.63) is 11.8 Å². The molecule has 1 aliphatic heterocycles. The van der Waals surface area contributed by atoms with Crippen LogP contribution >= 0.6 is 0 Å². The van der Waals surface area contributed by atoms with E-state index in [2.05, 4.69) is 4.18 Å². The predicted octanol–water partition coefficient (Wildman–Crippen LogP) is -1.21. The first-order valence-electron chi connectivity index (χ1n) is 2.44. The van der Waals surface area contributed by atoms with E-state index in [4.69, 9.17) is 0 Å². The zero-order chi connectivity index (χ0) is 7.78. The van der Waals surface area contributed by atoms with Crippen molar-refractivity contribution in [1.82, 2.24) is 10.9 Å². The van der Waals surface area contributed by atoms with E-state index in [1.807, 2.05) is 0 Å². The van der Waals surface area contributed by atoms with Gasteiger partial charge in [0, 0.05) is 6.08 Å². The normalized spacial score (nSPS) is 18.8. The number of allylic oxidation sites excluding steroid dienone is 1. The van der Waals surface area contributed by atoms with Gasteiger partial charge in [-0.15, -0.1) is 0 Å². The molecular weight excluding hydrogens is 211 g/mol. The fourth-order valence-electron chi connectivity index (χ4n) is 0.555. The van der Waals surface area contributed by atoms with Gasteiger partial charge in [0.05, 0.1) is 0 Å².